The molecule has 4 heteroatoms. The van der Waals surface area contributed by atoms with Gasteiger partial charge in [-0.1, -0.05) is 0 Å². The topological polar surface area (TPSA) is 0 Å². The second kappa shape index (κ2) is 3.73. The Labute approximate surface area is 69.1 Å². The van der Waals surface area contributed by atoms with Crippen molar-refractivity contribution in [3.05, 3.63) is 35.7 Å². The van der Waals surface area contributed by atoms with Gasteiger partial charge in [0.15, 0.2) is 17.5 Å². The van der Waals surface area contributed by atoms with E-state index in [-0.39, 0.29) is 19.8 Å². The van der Waals surface area contributed by atoms with Gasteiger partial charge in [0.2, 0.25) is 0 Å². The predicted octanol–water partition coefficient (Wildman–Crippen LogP) is 0.720. The number of halogens is 3. The summed E-state index contributed by atoms with van der Waals surface area (Å²) < 4.78 is 35.8. The molecule has 53 valence electrons. The van der Waals surface area contributed by atoms with Crippen LogP contribution in [0.2, 0.25) is 0 Å². The van der Waals surface area contributed by atoms with Crippen molar-refractivity contribution < 1.29 is 13.2 Å². The molecule has 1 radical (unpaired) electrons. The summed E-state index contributed by atoms with van der Waals surface area (Å²) in [5, 5.41) is 0. The molecular weight excluding hydrogens is 199 g/mol. The molecule has 1 aromatic carbocycles. The standard InChI is InChI=1S/C6H2F3.Ga.3H/c7-4-2-1-3-5(8)6(4)9;;;;/h2-3H;;;;. The summed E-state index contributed by atoms with van der Waals surface area (Å²) in [6, 6.07) is 3.55. The number of hydrogen-bond acceptors (Lipinski definition) is 0. The minimum atomic E-state index is -1.45. The molecular formula is C6H5F3Ga. The van der Waals surface area contributed by atoms with Gasteiger partial charge in [-0.2, -0.15) is 0 Å². The third-order valence-corrected chi connectivity index (χ3v) is 0.839. The van der Waals surface area contributed by atoms with E-state index in [9.17, 15) is 13.2 Å². The fourth-order valence-corrected chi connectivity index (χ4v) is 0.429. The molecule has 0 fully saturated rings. The van der Waals surface area contributed by atoms with Gasteiger partial charge in [-0.15, -0.1) is 0 Å². The van der Waals surface area contributed by atoms with E-state index in [1.165, 1.54) is 0 Å². The van der Waals surface area contributed by atoms with Crippen molar-refractivity contribution in [2.75, 3.05) is 0 Å². The van der Waals surface area contributed by atoms with E-state index in [1.807, 2.05) is 0 Å². The molecule has 1 aromatic rings. The maximum absolute atomic E-state index is 12.0. The Hall–Kier alpha value is -0.354. The van der Waals surface area contributed by atoms with E-state index >= 15 is 0 Å². The van der Waals surface area contributed by atoms with Gasteiger partial charge < -0.3 is 0 Å². The number of hydrogen-bond donors (Lipinski definition) is 0. The molecule has 0 bridgehead atoms. The molecule has 0 saturated heterocycles. The zero-order chi connectivity index (χ0) is 6.85. The molecule has 0 amide bonds. The van der Waals surface area contributed by atoms with Crippen LogP contribution in [-0.2, 0) is 0 Å². The minimum absolute atomic E-state index is 0. The Morgan fingerprint density at radius 1 is 1.00 bits per heavy atom. The van der Waals surface area contributed by atoms with Gasteiger partial charge in [-0.05, 0) is 18.2 Å². The van der Waals surface area contributed by atoms with Gasteiger partial charge in [-0.3, -0.25) is 0 Å². The van der Waals surface area contributed by atoms with Crippen molar-refractivity contribution >= 4 is 19.8 Å². The first kappa shape index (κ1) is 9.65. The van der Waals surface area contributed by atoms with Crippen LogP contribution < -0.4 is 0 Å². The van der Waals surface area contributed by atoms with Crippen LogP contribution in [0.5, 0.6) is 0 Å². The van der Waals surface area contributed by atoms with Crippen molar-refractivity contribution in [2.24, 2.45) is 0 Å². The average molecular weight is 204 g/mol. The molecule has 0 saturated carbocycles. The predicted molar refractivity (Wildman–Crippen MR) is 35.1 cm³/mol. The van der Waals surface area contributed by atoms with Crippen molar-refractivity contribution in [1.82, 2.24) is 0 Å². The van der Waals surface area contributed by atoms with Crippen LogP contribution in [-0.4, -0.2) is 19.8 Å². The van der Waals surface area contributed by atoms with E-state index in [4.69, 9.17) is 0 Å². The van der Waals surface area contributed by atoms with Crippen molar-refractivity contribution in [1.29, 1.82) is 0 Å². The van der Waals surface area contributed by atoms with Crippen LogP contribution in [0.3, 0.4) is 0 Å². The molecule has 0 aliphatic carbocycles. The molecule has 0 aliphatic rings. The van der Waals surface area contributed by atoms with Crippen LogP contribution in [0, 0.1) is 23.5 Å². The van der Waals surface area contributed by atoms with E-state index < -0.39 is 17.5 Å². The summed E-state index contributed by atoms with van der Waals surface area (Å²) in [5.74, 6) is -3.88. The molecule has 0 N–H and O–H groups in total. The SMILES string of the molecule is Fc1c[c]cc(F)c1F.[GaH3]. The molecule has 0 heterocycles. The Bertz CT molecular complexity index is 204. The zero-order valence-corrected chi connectivity index (χ0v) is 4.29. The summed E-state index contributed by atoms with van der Waals surface area (Å²) in [4.78, 5) is 0. The number of benzene rings is 1. The van der Waals surface area contributed by atoms with E-state index in [2.05, 4.69) is 6.07 Å². The first-order chi connectivity index (χ1) is 4.22. The van der Waals surface area contributed by atoms with Crippen molar-refractivity contribution in [3.63, 3.8) is 0 Å². The van der Waals surface area contributed by atoms with Crippen LogP contribution in [0.4, 0.5) is 13.2 Å². The van der Waals surface area contributed by atoms with Gasteiger partial charge in [0, 0.05) is 0 Å². The monoisotopic (exact) mass is 203 g/mol. The van der Waals surface area contributed by atoms with Crippen LogP contribution in [0.25, 0.3) is 0 Å². The normalized spacial score (nSPS) is 8.70. The van der Waals surface area contributed by atoms with Gasteiger partial charge in [0.25, 0.3) is 0 Å². The summed E-state index contributed by atoms with van der Waals surface area (Å²) in [7, 11) is 0. The van der Waals surface area contributed by atoms with Crippen LogP contribution in [0.1, 0.15) is 0 Å². The molecule has 1 rings (SSSR count). The Balaban J connectivity index is 0.000000810. The molecule has 0 atom stereocenters. The Morgan fingerprint density at radius 3 is 1.70 bits per heavy atom. The zero-order valence-electron chi connectivity index (χ0n) is 4.29. The van der Waals surface area contributed by atoms with Gasteiger partial charge in [0.05, 0.1) is 0 Å². The Kier molecular flexibility index (Phi) is 3.60. The van der Waals surface area contributed by atoms with E-state index in [0.29, 0.717) is 0 Å². The summed E-state index contributed by atoms with van der Waals surface area (Å²) in [5.41, 5.74) is 0. The first-order valence-corrected chi connectivity index (χ1v) is 2.22. The third-order valence-electron chi connectivity index (χ3n) is 0.839. The molecule has 0 aliphatic heterocycles. The van der Waals surface area contributed by atoms with Crippen LogP contribution in [0.15, 0.2) is 12.1 Å². The molecule has 0 aromatic heterocycles. The average Bonchev–Trinajstić information content (AvgIpc) is 1.83. The van der Waals surface area contributed by atoms with Gasteiger partial charge in [-0.25, -0.2) is 13.2 Å². The van der Waals surface area contributed by atoms with Gasteiger partial charge in [0.1, 0.15) is 0 Å². The second-order valence-electron chi connectivity index (χ2n) is 1.47. The molecule has 0 spiro atoms. The summed E-state index contributed by atoms with van der Waals surface area (Å²) >= 11 is 0. The maximum atomic E-state index is 12.0. The number of rotatable bonds is 0. The fourth-order valence-electron chi connectivity index (χ4n) is 0.429. The molecule has 0 unspecified atom stereocenters. The summed E-state index contributed by atoms with van der Waals surface area (Å²) in [6.07, 6.45) is 0. The molecule has 0 nitrogen and oxygen atoms in total. The fraction of sp³-hybridized carbons (Fsp3) is 0. The second-order valence-corrected chi connectivity index (χ2v) is 1.47. The van der Waals surface area contributed by atoms with E-state index in [1.54, 1.807) is 0 Å². The third kappa shape index (κ3) is 1.81. The quantitative estimate of drug-likeness (QED) is 0.431. The first-order valence-electron chi connectivity index (χ1n) is 2.22. The molecule has 10 heavy (non-hydrogen) atoms. The van der Waals surface area contributed by atoms with E-state index in [0.717, 1.165) is 12.1 Å². The van der Waals surface area contributed by atoms with Gasteiger partial charge >= 0.3 is 19.8 Å². The summed E-state index contributed by atoms with van der Waals surface area (Å²) in [6.45, 7) is 0. The van der Waals surface area contributed by atoms with Crippen molar-refractivity contribution in [2.45, 2.75) is 0 Å². The Morgan fingerprint density at radius 2 is 1.40 bits per heavy atom. The van der Waals surface area contributed by atoms with Crippen LogP contribution >= 0.6 is 0 Å². The van der Waals surface area contributed by atoms with Crippen molar-refractivity contribution in [3.8, 4) is 0 Å².